The number of fused-ring (bicyclic) bond motifs is 1. The number of esters is 1. The molecule has 43 heavy (non-hydrogen) atoms. The fourth-order valence-electron chi connectivity index (χ4n) is 5.67. The fourth-order valence-corrected chi connectivity index (χ4v) is 5.67. The van der Waals surface area contributed by atoms with Crippen LogP contribution < -0.4 is 15.4 Å². The van der Waals surface area contributed by atoms with Crippen LogP contribution in [0.2, 0.25) is 0 Å². The summed E-state index contributed by atoms with van der Waals surface area (Å²) in [7, 11) is 1.35. The molecule has 11 heteroatoms. The molecule has 2 heterocycles. The molecule has 1 aromatic heterocycles. The molecule has 2 aromatic carbocycles. The number of para-hydroxylation sites is 1. The van der Waals surface area contributed by atoms with Crippen molar-refractivity contribution in [3.05, 3.63) is 77.0 Å². The van der Waals surface area contributed by atoms with Gasteiger partial charge in [0.05, 0.1) is 42.6 Å². The minimum Gasteiger partial charge on any atom is -0.493 e. The van der Waals surface area contributed by atoms with E-state index in [0.29, 0.717) is 55.0 Å². The van der Waals surface area contributed by atoms with Gasteiger partial charge in [0, 0.05) is 12.0 Å². The Morgan fingerprint density at radius 3 is 2.35 bits per heavy atom. The van der Waals surface area contributed by atoms with E-state index in [2.05, 4.69) is 15.7 Å². The number of amides is 1. The number of anilines is 1. The Hall–Kier alpha value is -4.02. The fraction of sp³-hybridized carbons (Fsp3) is 0.469. The van der Waals surface area contributed by atoms with Crippen molar-refractivity contribution in [3.8, 4) is 5.75 Å². The Morgan fingerprint density at radius 2 is 1.72 bits per heavy atom. The van der Waals surface area contributed by atoms with Crippen LogP contribution in [0.3, 0.4) is 0 Å². The molecule has 1 unspecified atom stereocenters. The van der Waals surface area contributed by atoms with Crippen molar-refractivity contribution >= 4 is 17.7 Å². The lowest BCUT2D eigenvalue weighted by Gasteiger charge is -2.39. The third-order valence-electron chi connectivity index (χ3n) is 8.23. The highest BCUT2D eigenvalue weighted by Crippen LogP contribution is 2.43. The molecule has 2 N–H and O–H groups in total. The second-order valence-corrected chi connectivity index (χ2v) is 11.4. The van der Waals surface area contributed by atoms with E-state index < -0.39 is 22.8 Å². The summed E-state index contributed by atoms with van der Waals surface area (Å²) in [5, 5.41) is 11.2. The van der Waals surface area contributed by atoms with Crippen LogP contribution in [0.5, 0.6) is 5.75 Å². The molecule has 0 saturated carbocycles. The van der Waals surface area contributed by atoms with Crippen LogP contribution in [0.25, 0.3) is 0 Å². The number of hydrogen-bond acceptors (Lipinski definition) is 6. The lowest BCUT2D eigenvalue weighted by atomic mass is 9.84. The van der Waals surface area contributed by atoms with Crippen molar-refractivity contribution < 1.29 is 32.2 Å². The molecule has 0 radical (unpaired) electrons. The van der Waals surface area contributed by atoms with Gasteiger partial charge in [-0.15, -0.1) is 0 Å². The maximum atomic E-state index is 13.8. The van der Waals surface area contributed by atoms with Gasteiger partial charge in [0.25, 0.3) is 5.91 Å². The van der Waals surface area contributed by atoms with Crippen molar-refractivity contribution in [2.75, 3.05) is 19.0 Å². The maximum Gasteiger partial charge on any atom is 0.416 e. The molecule has 1 atom stereocenters. The average molecular weight is 601 g/mol. The number of methoxy groups -OCH3 is 1. The van der Waals surface area contributed by atoms with E-state index in [0.717, 1.165) is 17.7 Å². The van der Waals surface area contributed by atoms with Crippen LogP contribution in [0.4, 0.5) is 19.0 Å². The number of carbonyl (C=O) groups excluding carboxylic acids is 2. The Kier molecular flexibility index (Phi) is 9.41. The monoisotopic (exact) mass is 600 g/mol. The highest BCUT2D eigenvalue weighted by molar-refractivity contribution is 5.99. The number of benzene rings is 2. The SMILES string of the molecule is CCC(CC)(NC(=O)c1cnn2c1NC(c1ccccc1OCCCC(=O)OC)CC2(C)C)c1ccc(C(F)(F)F)cc1. The summed E-state index contributed by atoms with van der Waals surface area (Å²) in [6, 6.07) is 12.4. The number of aromatic nitrogens is 2. The van der Waals surface area contributed by atoms with Gasteiger partial charge in [-0.25, -0.2) is 4.68 Å². The van der Waals surface area contributed by atoms with Crippen molar-refractivity contribution in [1.29, 1.82) is 0 Å². The number of nitrogens with zero attached hydrogens (tertiary/aromatic N) is 2. The van der Waals surface area contributed by atoms with Crippen LogP contribution in [-0.2, 0) is 26.8 Å². The first-order valence-electron chi connectivity index (χ1n) is 14.5. The van der Waals surface area contributed by atoms with E-state index in [4.69, 9.17) is 9.47 Å². The Labute approximate surface area is 249 Å². The van der Waals surface area contributed by atoms with Gasteiger partial charge in [0.1, 0.15) is 17.1 Å². The summed E-state index contributed by atoms with van der Waals surface area (Å²) in [5.74, 6) is 0.562. The lowest BCUT2D eigenvalue weighted by molar-refractivity contribution is -0.141. The van der Waals surface area contributed by atoms with Crippen LogP contribution in [0, 0.1) is 0 Å². The van der Waals surface area contributed by atoms with Crippen LogP contribution in [0.15, 0.2) is 54.7 Å². The van der Waals surface area contributed by atoms with Crippen molar-refractivity contribution in [2.24, 2.45) is 0 Å². The topological polar surface area (TPSA) is 94.5 Å². The van der Waals surface area contributed by atoms with E-state index in [-0.39, 0.29) is 24.3 Å². The van der Waals surface area contributed by atoms with Crippen LogP contribution in [0.1, 0.15) is 92.9 Å². The molecule has 0 bridgehead atoms. The molecular weight excluding hydrogens is 561 g/mol. The zero-order valence-corrected chi connectivity index (χ0v) is 25.2. The number of alkyl halides is 3. The lowest BCUT2D eigenvalue weighted by Crippen LogP contribution is -2.45. The molecule has 1 amide bonds. The summed E-state index contributed by atoms with van der Waals surface area (Å²) >= 11 is 0. The first-order chi connectivity index (χ1) is 20.3. The van der Waals surface area contributed by atoms with Crippen molar-refractivity contribution in [1.82, 2.24) is 15.1 Å². The van der Waals surface area contributed by atoms with E-state index in [1.54, 1.807) is 4.68 Å². The summed E-state index contributed by atoms with van der Waals surface area (Å²) in [6.45, 7) is 8.23. The van der Waals surface area contributed by atoms with Gasteiger partial charge >= 0.3 is 12.1 Å². The summed E-state index contributed by atoms with van der Waals surface area (Å²) in [6.07, 6.45) is -0.531. The number of ether oxygens (including phenoxy) is 2. The smallest absolute Gasteiger partial charge is 0.416 e. The number of halogens is 3. The zero-order valence-electron chi connectivity index (χ0n) is 25.2. The molecule has 1 aliphatic heterocycles. The highest BCUT2D eigenvalue weighted by atomic mass is 19.4. The number of hydrogen-bond donors (Lipinski definition) is 2. The normalized spacial score (nSPS) is 16.1. The quantitative estimate of drug-likeness (QED) is 0.182. The van der Waals surface area contributed by atoms with E-state index in [9.17, 15) is 22.8 Å². The number of carbonyl (C=O) groups is 2. The van der Waals surface area contributed by atoms with E-state index >= 15 is 0 Å². The number of nitrogens with one attached hydrogen (secondary N) is 2. The predicted octanol–water partition coefficient (Wildman–Crippen LogP) is 6.97. The van der Waals surface area contributed by atoms with Gasteiger partial charge in [-0.1, -0.05) is 44.2 Å². The molecule has 0 saturated heterocycles. The van der Waals surface area contributed by atoms with Gasteiger partial charge in [0.15, 0.2) is 0 Å². The molecule has 0 fully saturated rings. The maximum absolute atomic E-state index is 13.8. The Morgan fingerprint density at radius 1 is 1.07 bits per heavy atom. The first kappa shape index (κ1) is 31.9. The molecule has 0 aliphatic carbocycles. The summed E-state index contributed by atoms with van der Waals surface area (Å²) < 4.78 is 52.1. The third-order valence-corrected chi connectivity index (χ3v) is 8.23. The van der Waals surface area contributed by atoms with Crippen LogP contribution >= 0.6 is 0 Å². The predicted molar refractivity (Wildman–Crippen MR) is 157 cm³/mol. The Bertz CT molecular complexity index is 1430. The molecular formula is C32H39F3N4O4. The molecule has 0 spiro atoms. The molecule has 8 nitrogen and oxygen atoms in total. The molecule has 1 aliphatic rings. The molecule has 3 aromatic rings. The Balaban J connectivity index is 1.59. The summed E-state index contributed by atoms with van der Waals surface area (Å²) in [4.78, 5) is 25.3. The van der Waals surface area contributed by atoms with Gasteiger partial charge in [-0.2, -0.15) is 18.3 Å². The molecule has 4 rings (SSSR count). The molecule has 232 valence electrons. The van der Waals surface area contributed by atoms with Gasteiger partial charge in [-0.05, 0) is 63.3 Å². The van der Waals surface area contributed by atoms with Crippen molar-refractivity contribution in [2.45, 2.75) is 83.1 Å². The standard InChI is InChI=1S/C32H39F3N4O4/c1-6-31(7-2,21-14-16-22(17-15-21)32(33,34)35)38-29(41)24-20-36-39-28(24)37-25(19-30(39,3)4)23-11-8-9-12-26(23)43-18-10-13-27(40)42-5/h8-9,11-12,14-17,20,25,37H,6-7,10,13,18-19H2,1-5H3,(H,38,41). The highest BCUT2D eigenvalue weighted by Gasteiger charge is 2.39. The van der Waals surface area contributed by atoms with E-state index in [1.165, 1.54) is 25.4 Å². The van der Waals surface area contributed by atoms with Gasteiger partial charge in [0.2, 0.25) is 0 Å². The first-order valence-corrected chi connectivity index (χ1v) is 14.5. The van der Waals surface area contributed by atoms with E-state index in [1.807, 2.05) is 52.0 Å². The van der Waals surface area contributed by atoms with Crippen LogP contribution in [-0.4, -0.2) is 35.4 Å². The summed E-state index contributed by atoms with van der Waals surface area (Å²) in [5.41, 5.74) is -0.212. The average Bonchev–Trinajstić information content (AvgIpc) is 3.43. The third kappa shape index (κ3) is 6.81. The van der Waals surface area contributed by atoms with Gasteiger partial charge < -0.3 is 20.1 Å². The number of rotatable bonds is 11. The minimum atomic E-state index is -4.44. The second kappa shape index (κ2) is 12.7. The zero-order chi connectivity index (χ0) is 31.4. The van der Waals surface area contributed by atoms with Gasteiger partial charge in [-0.3, -0.25) is 9.59 Å². The second-order valence-electron chi connectivity index (χ2n) is 11.4. The largest absolute Gasteiger partial charge is 0.493 e. The van der Waals surface area contributed by atoms with Crippen molar-refractivity contribution in [3.63, 3.8) is 0 Å². The minimum absolute atomic E-state index is 0.209.